The lowest BCUT2D eigenvalue weighted by molar-refractivity contribution is 0.617. The van der Waals surface area contributed by atoms with E-state index in [0.29, 0.717) is 0 Å². The molecule has 0 spiro atoms. The van der Waals surface area contributed by atoms with Crippen LogP contribution in [-0.2, 0) is 0 Å². The van der Waals surface area contributed by atoms with Crippen LogP contribution in [0.15, 0.2) is 139 Å². The first-order valence-corrected chi connectivity index (χ1v) is 15.2. The summed E-state index contributed by atoms with van der Waals surface area (Å²) in [4.78, 5) is 2.56. The van der Waals surface area contributed by atoms with Gasteiger partial charge in [-0.1, -0.05) is 103 Å². The fraction of sp³-hybridized carbons (Fsp3) is 0.118. The number of nitrogens with zero attached hydrogens (tertiary/aromatic N) is 1. The highest BCUT2D eigenvalue weighted by Gasteiger charge is 2.25. The minimum Gasteiger partial charge on any atom is -0.408 e. The molecule has 0 saturated carbocycles. The monoisotopic (exact) mass is 545 g/mol. The fourth-order valence-corrected chi connectivity index (χ4v) is 7.90. The Labute approximate surface area is 233 Å². The lowest BCUT2D eigenvalue weighted by Crippen LogP contribution is -2.27. The predicted octanol–water partition coefficient (Wildman–Crippen LogP) is 10.6. The maximum absolute atomic E-state index is 6.81. The summed E-state index contributed by atoms with van der Waals surface area (Å²) in [6, 6.07) is 36.3. The molecule has 1 heterocycles. The zero-order valence-corrected chi connectivity index (χ0v) is 23.6. The van der Waals surface area contributed by atoms with Crippen molar-refractivity contribution in [2.24, 2.45) is 0 Å². The van der Waals surface area contributed by atoms with Crippen LogP contribution in [0.3, 0.4) is 0 Å². The van der Waals surface area contributed by atoms with Crippen LogP contribution in [0, 0.1) is 0 Å². The van der Waals surface area contributed by atoms with Gasteiger partial charge in [-0.15, -0.1) is 0 Å². The average molecular weight is 546 g/mol. The SMILES string of the molecule is C[C@H](C1=C(Sc2ccccc2)C=CC1)N(C)p1oc2ccc3ccccc3c2c2c(ccc3ccccc32)o1. The molecule has 0 amide bonds. The molecule has 192 valence electrons. The zero-order valence-electron chi connectivity index (χ0n) is 21.9. The van der Waals surface area contributed by atoms with Gasteiger partial charge in [-0.3, -0.25) is 0 Å². The van der Waals surface area contributed by atoms with Crippen LogP contribution in [0.5, 0.6) is 0 Å². The van der Waals surface area contributed by atoms with Gasteiger partial charge in [-0.05, 0) is 64.7 Å². The van der Waals surface area contributed by atoms with E-state index in [4.69, 9.17) is 8.39 Å². The summed E-state index contributed by atoms with van der Waals surface area (Å²) in [5.74, 6) is 0. The smallest absolute Gasteiger partial charge is 0.309 e. The summed E-state index contributed by atoms with van der Waals surface area (Å²) < 4.78 is 15.9. The molecule has 1 aromatic heterocycles. The molecule has 3 nitrogen and oxygen atoms in total. The standard InChI is InChI=1S/C34H28NO2PS/c1-23(27-17-10-18-32(27)39-26-13-4-3-5-14-26)35(2)38-36-30-21-19-24-11-6-8-15-28(24)33(30)34-29-16-9-7-12-25(29)20-22-31(34)37-38/h3-16,18-23H,17H2,1-2H3/t23-/m1/s1. The topological polar surface area (TPSA) is 29.5 Å². The Morgan fingerprint density at radius 3 is 1.90 bits per heavy atom. The Hall–Kier alpha value is -3.69. The summed E-state index contributed by atoms with van der Waals surface area (Å²) in [5.41, 5.74) is 3.13. The predicted molar refractivity (Wildman–Crippen MR) is 168 cm³/mol. The van der Waals surface area contributed by atoms with E-state index in [0.717, 1.165) is 28.4 Å². The van der Waals surface area contributed by atoms with Gasteiger partial charge >= 0.3 is 8.16 Å². The molecule has 39 heavy (non-hydrogen) atoms. The molecular formula is C34H28NO2PS. The second-order valence-corrected chi connectivity index (χ2v) is 12.5. The highest BCUT2D eigenvalue weighted by molar-refractivity contribution is 8.03. The van der Waals surface area contributed by atoms with Crippen molar-refractivity contribution in [3.05, 3.63) is 126 Å². The van der Waals surface area contributed by atoms with Crippen molar-refractivity contribution in [3.8, 4) is 0 Å². The quantitative estimate of drug-likeness (QED) is 0.215. The molecule has 0 aliphatic heterocycles. The molecule has 0 N–H and O–H groups in total. The summed E-state index contributed by atoms with van der Waals surface area (Å²) in [6.45, 7) is 2.26. The lowest BCUT2D eigenvalue weighted by atomic mass is 9.99. The lowest BCUT2D eigenvalue weighted by Gasteiger charge is -2.23. The molecule has 0 unspecified atom stereocenters. The number of hydrogen-bond donors (Lipinski definition) is 0. The van der Waals surface area contributed by atoms with Crippen LogP contribution in [0.4, 0.5) is 0 Å². The normalized spacial score (nSPS) is 14.3. The number of rotatable bonds is 5. The van der Waals surface area contributed by atoms with Gasteiger partial charge in [0, 0.05) is 33.7 Å². The molecule has 1 atom stereocenters. The first kappa shape index (κ1) is 24.4. The molecule has 1 aliphatic rings. The van der Waals surface area contributed by atoms with Gasteiger partial charge in [0.15, 0.2) is 0 Å². The van der Waals surface area contributed by atoms with Crippen molar-refractivity contribution in [2.45, 2.75) is 24.3 Å². The van der Waals surface area contributed by atoms with Gasteiger partial charge in [0.1, 0.15) is 11.2 Å². The molecule has 0 bridgehead atoms. The highest BCUT2D eigenvalue weighted by atomic mass is 32.2. The van der Waals surface area contributed by atoms with Crippen molar-refractivity contribution in [1.29, 1.82) is 0 Å². The minimum absolute atomic E-state index is 0.142. The maximum atomic E-state index is 6.81. The van der Waals surface area contributed by atoms with Gasteiger partial charge in [0.25, 0.3) is 0 Å². The minimum atomic E-state index is -1.42. The third-order valence-corrected chi connectivity index (χ3v) is 10.3. The van der Waals surface area contributed by atoms with Crippen molar-refractivity contribution < 1.29 is 8.39 Å². The molecule has 7 rings (SSSR count). The Morgan fingerprint density at radius 1 is 0.718 bits per heavy atom. The van der Waals surface area contributed by atoms with Crippen LogP contribution in [0.2, 0.25) is 0 Å². The zero-order chi connectivity index (χ0) is 26.3. The van der Waals surface area contributed by atoms with Gasteiger partial charge < -0.3 is 8.39 Å². The van der Waals surface area contributed by atoms with Crippen LogP contribution < -0.4 is 4.67 Å². The number of benzene rings is 5. The number of thioether (sulfide) groups is 1. The van der Waals surface area contributed by atoms with E-state index in [1.165, 1.54) is 36.9 Å². The van der Waals surface area contributed by atoms with E-state index >= 15 is 0 Å². The van der Waals surface area contributed by atoms with Crippen molar-refractivity contribution in [1.82, 2.24) is 0 Å². The number of hydrogen-bond acceptors (Lipinski definition) is 4. The van der Waals surface area contributed by atoms with Gasteiger partial charge in [-0.25, -0.2) is 0 Å². The van der Waals surface area contributed by atoms with Gasteiger partial charge in [0.2, 0.25) is 0 Å². The average Bonchev–Trinajstić information content (AvgIpc) is 3.36. The first-order chi connectivity index (χ1) is 19.2. The Bertz CT molecular complexity index is 1860. The number of fused-ring (bicyclic) bond motifs is 7. The second-order valence-electron chi connectivity index (χ2n) is 9.90. The maximum Gasteiger partial charge on any atom is 0.309 e. The van der Waals surface area contributed by atoms with Crippen molar-refractivity contribution in [2.75, 3.05) is 11.7 Å². The molecular weight excluding hydrogens is 517 g/mol. The Kier molecular flexibility index (Phi) is 6.33. The van der Waals surface area contributed by atoms with Gasteiger partial charge in [0.05, 0.1) is 0 Å². The number of likely N-dealkylation sites (N-methyl/N-ethyl adjacent to an activating group) is 1. The largest absolute Gasteiger partial charge is 0.408 e. The highest BCUT2D eigenvalue weighted by Crippen LogP contribution is 2.44. The molecule has 0 saturated heterocycles. The van der Waals surface area contributed by atoms with Gasteiger partial charge in [-0.2, -0.15) is 4.67 Å². The third kappa shape index (κ3) is 4.39. The van der Waals surface area contributed by atoms with Crippen LogP contribution in [-0.4, -0.2) is 13.1 Å². The van der Waals surface area contributed by atoms with E-state index in [-0.39, 0.29) is 6.04 Å². The molecule has 6 aromatic rings. The molecule has 5 heteroatoms. The van der Waals surface area contributed by atoms with E-state index < -0.39 is 8.16 Å². The van der Waals surface area contributed by atoms with Crippen molar-refractivity contribution in [3.63, 3.8) is 0 Å². The summed E-state index contributed by atoms with van der Waals surface area (Å²) in [5, 5.41) is 6.94. The first-order valence-electron chi connectivity index (χ1n) is 13.2. The Morgan fingerprint density at radius 2 is 1.28 bits per heavy atom. The fourth-order valence-electron chi connectivity index (χ4n) is 5.45. The molecule has 0 radical (unpaired) electrons. The molecule has 1 aliphatic carbocycles. The summed E-state index contributed by atoms with van der Waals surface area (Å²) in [6.07, 6.45) is 5.45. The van der Waals surface area contributed by atoms with Crippen molar-refractivity contribution >= 4 is 63.4 Å². The third-order valence-electron chi connectivity index (χ3n) is 7.60. The van der Waals surface area contributed by atoms with E-state index in [1.807, 2.05) is 11.8 Å². The molecule has 5 aromatic carbocycles. The molecule has 0 fully saturated rings. The van der Waals surface area contributed by atoms with E-state index in [9.17, 15) is 0 Å². The summed E-state index contributed by atoms with van der Waals surface area (Å²) >= 11 is 1.83. The van der Waals surface area contributed by atoms with Crippen LogP contribution in [0.25, 0.3) is 43.5 Å². The Balaban J connectivity index is 1.43. The van der Waals surface area contributed by atoms with Crippen LogP contribution in [0.1, 0.15) is 13.3 Å². The van der Waals surface area contributed by atoms with Crippen LogP contribution >= 0.6 is 19.9 Å². The second kappa shape index (κ2) is 10.1. The van der Waals surface area contributed by atoms with E-state index in [1.54, 1.807) is 0 Å². The summed E-state index contributed by atoms with van der Waals surface area (Å²) in [7, 11) is 0.709. The number of allylic oxidation sites excluding steroid dienone is 2. The van der Waals surface area contributed by atoms with E-state index in [2.05, 4.69) is 134 Å².